The van der Waals surface area contributed by atoms with Crippen LogP contribution in [-0.4, -0.2) is 36.9 Å². The van der Waals surface area contributed by atoms with Gasteiger partial charge in [0.2, 0.25) is 17.7 Å². The van der Waals surface area contributed by atoms with Gasteiger partial charge in [0.1, 0.15) is 0 Å². The number of aryl methyl sites for hydroxylation is 2. The molecule has 9 heteroatoms. The monoisotopic (exact) mass is 576 g/mol. The van der Waals surface area contributed by atoms with Gasteiger partial charge in [0.25, 0.3) is 10.0 Å². The smallest absolute Gasteiger partial charge is 0.264 e. The number of carbonyl (C=O) groups is 1. The van der Waals surface area contributed by atoms with Crippen LogP contribution in [-0.2, 0) is 14.8 Å². The maximum Gasteiger partial charge on any atom is 0.264 e. The Labute approximate surface area is 243 Å². The molecule has 218 valence electrons. The minimum Gasteiger partial charge on any atom is -0.477 e. The van der Waals surface area contributed by atoms with Crippen molar-refractivity contribution in [3.63, 3.8) is 0 Å². The summed E-state index contributed by atoms with van der Waals surface area (Å²) in [5, 5.41) is 3.04. The molecule has 1 amide bonds. The average molecular weight is 577 g/mol. The first-order valence-corrected chi connectivity index (χ1v) is 15.8. The third kappa shape index (κ3) is 6.56. The molecule has 0 saturated heterocycles. The Morgan fingerprint density at radius 2 is 1.73 bits per heavy atom. The molecule has 41 heavy (non-hydrogen) atoms. The fourth-order valence-corrected chi connectivity index (χ4v) is 7.52. The van der Waals surface area contributed by atoms with E-state index in [1.807, 2.05) is 38.1 Å². The summed E-state index contributed by atoms with van der Waals surface area (Å²) in [7, 11) is -3.97. The van der Waals surface area contributed by atoms with Crippen molar-refractivity contribution < 1.29 is 17.9 Å². The van der Waals surface area contributed by atoms with Gasteiger partial charge in [-0.05, 0) is 79.2 Å². The molecular formula is C32H40N4O4S. The van der Waals surface area contributed by atoms with Crippen LogP contribution in [0.5, 0.6) is 5.88 Å². The predicted molar refractivity (Wildman–Crippen MR) is 160 cm³/mol. The average Bonchev–Trinajstić information content (AvgIpc) is 2.84. The Balaban J connectivity index is 1.62. The highest BCUT2D eigenvalue weighted by molar-refractivity contribution is 7.92. The van der Waals surface area contributed by atoms with Crippen LogP contribution in [0.15, 0.2) is 53.4 Å². The molecule has 3 aromatic rings. The van der Waals surface area contributed by atoms with E-state index in [4.69, 9.17) is 4.74 Å². The van der Waals surface area contributed by atoms with Crippen molar-refractivity contribution in [3.8, 4) is 17.1 Å². The molecule has 1 aromatic heterocycles. The molecule has 1 unspecified atom stereocenters. The highest BCUT2D eigenvalue weighted by Gasteiger charge is 2.41. The van der Waals surface area contributed by atoms with Crippen LogP contribution in [0.25, 0.3) is 11.3 Å². The van der Waals surface area contributed by atoms with Crippen LogP contribution < -0.4 is 14.8 Å². The largest absolute Gasteiger partial charge is 0.477 e. The maximum atomic E-state index is 13.6. The van der Waals surface area contributed by atoms with Gasteiger partial charge in [-0.15, -0.1) is 0 Å². The van der Waals surface area contributed by atoms with Crippen LogP contribution in [0, 0.1) is 31.1 Å². The second-order valence-corrected chi connectivity index (χ2v) is 14.5. The van der Waals surface area contributed by atoms with Gasteiger partial charge in [-0.2, -0.15) is 4.98 Å². The van der Waals surface area contributed by atoms with Gasteiger partial charge in [0.15, 0.2) is 0 Å². The lowest BCUT2D eigenvalue weighted by atomic mass is 9.63. The number of carbonyl (C=O) groups excluding carboxylic acids is 1. The first-order chi connectivity index (χ1) is 19.3. The van der Waals surface area contributed by atoms with Crippen LogP contribution in [0.3, 0.4) is 0 Å². The number of hydrogen-bond acceptors (Lipinski definition) is 6. The Morgan fingerprint density at radius 1 is 1.05 bits per heavy atom. The van der Waals surface area contributed by atoms with Gasteiger partial charge in [0, 0.05) is 30.5 Å². The van der Waals surface area contributed by atoms with Crippen molar-refractivity contribution in [1.29, 1.82) is 0 Å². The van der Waals surface area contributed by atoms with Gasteiger partial charge in [0.05, 0.1) is 17.2 Å². The molecule has 1 aliphatic heterocycles. The summed E-state index contributed by atoms with van der Waals surface area (Å²) in [6, 6.07) is 15.2. The van der Waals surface area contributed by atoms with E-state index in [1.165, 1.54) is 0 Å². The van der Waals surface area contributed by atoms with Gasteiger partial charge in [-0.25, -0.2) is 18.1 Å². The Hall–Kier alpha value is -3.46. The van der Waals surface area contributed by atoms with Crippen LogP contribution >= 0.6 is 0 Å². The molecule has 2 atom stereocenters. The molecule has 1 fully saturated rings. The number of benzene rings is 2. The summed E-state index contributed by atoms with van der Waals surface area (Å²) in [4.78, 5) is 21.0. The molecule has 1 saturated carbocycles. The number of nitrogens with one attached hydrogen (secondary N) is 2. The lowest BCUT2D eigenvalue weighted by molar-refractivity contribution is -0.120. The summed E-state index contributed by atoms with van der Waals surface area (Å²) in [5.74, 6) is 0.705. The molecule has 1 aliphatic carbocycles. The standard InChI is InChI=1S/C32H40N4O4S/c1-19-9-7-10-20(2)29(19)27-16-28-35-31(34-27)36-41(38,39)26-12-8-11-22(15-26)30(23-13-25(14-23)33-21(3)37)24(18-40-28)17-32(4,5)6/h7-12,15-16,23-25,30H,13-14,17-18H2,1-6H3,(H,33,37)(H,34,35,36)/t23?,24-,25?,30?/m1/s1. The van der Waals surface area contributed by atoms with E-state index in [0.717, 1.165) is 41.5 Å². The van der Waals surface area contributed by atoms with Gasteiger partial charge < -0.3 is 10.1 Å². The van der Waals surface area contributed by atoms with E-state index < -0.39 is 10.0 Å². The Morgan fingerprint density at radius 3 is 2.39 bits per heavy atom. The molecule has 4 bridgehead atoms. The number of sulfonamides is 1. The number of aromatic nitrogens is 2. The van der Waals surface area contributed by atoms with Crippen molar-refractivity contribution in [2.24, 2.45) is 17.3 Å². The highest BCUT2D eigenvalue weighted by atomic mass is 32.2. The first kappa shape index (κ1) is 29.0. The molecule has 8 nitrogen and oxygen atoms in total. The summed E-state index contributed by atoms with van der Waals surface area (Å²) in [6.07, 6.45) is 2.55. The van der Waals surface area contributed by atoms with E-state index in [-0.39, 0.29) is 46.0 Å². The third-order valence-corrected chi connectivity index (χ3v) is 9.46. The number of fused-ring (bicyclic) bond motifs is 4. The van der Waals surface area contributed by atoms with Crippen molar-refractivity contribution in [1.82, 2.24) is 15.3 Å². The molecule has 2 N–H and O–H groups in total. The lowest BCUT2D eigenvalue weighted by Gasteiger charge is -2.45. The lowest BCUT2D eigenvalue weighted by Crippen LogP contribution is -2.47. The van der Waals surface area contributed by atoms with Gasteiger partial charge in [-0.1, -0.05) is 51.1 Å². The molecule has 2 aliphatic rings. The van der Waals surface area contributed by atoms with Crippen molar-refractivity contribution in [2.45, 2.75) is 77.7 Å². The molecule has 0 spiro atoms. The van der Waals surface area contributed by atoms with E-state index in [2.05, 4.69) is 40.8 Å². The molecule has 2 aromatic carbocycles. The minimum atomic E-state index is -3.97. The van der Waals surface area contributed by atoms with E-state index in [0.29, 0.717) is 18.2 Å². The number of hydrogen-bond donors (Lipinski definition) is 2. The zero-order valence-corrected chi connectivity index (χ0v) is 25.5. The molecule has 0 radical (unpaired) electrons. The Kier molecular flexibility index (Phi) is 7.85. The predicted octanol–water partition coefficient (Wildman–Crippen LogP) is 6.00. The van der Waals surface area contributed by atoms with Crippen molar-refractivity contribution in [2.75, 3.05) is 11.3 Å². The van der Waals surface area contributed by atoms with Gasteiger partial charge >= 0.3 is 0 Å². The van der Waals surface area contributed by atoms with E-state index in [9.17, 15) is 13.2 Å². The van der Waals surface area contributed by atoms with Crippen LogP contribution in [0.1, 0.15) is 69.6 Å². The topological polar surface area (TPSA) is 110 Å². The SMILES string of the molecule is CC(=O)NC1CC(C2c3cccc(c3)S(=O)(=O)Nc3nc(cc(-c4c(C)cccc4C)n3)OC[C@H]2CC(C)(C)C)C1. The summed E-state index contributed by atoms with van der Waals surface area (Å²) < 4.78 is 36.3. The zero-order chi connectivity index (χ0) is 29.5. The fourth-order valence-electron chi connectivity index (χ4n) is 6.52. The quantitative estimate of drug-likeness (QED) is 0.394. The third-order valence-electron chi connectivity index (χ3n) is 8.14. The van der Waals surface area contributed by atoms with E-state index in [1.54, 1.807) is 31.2 Å². The summed E-state index contributed by atoms with van der Waals surface area (Å²) in [5.41, 5.74) is 4.57. The van der Waals surface area contributed by atoms with Crippen LogP contribution in [0.4, 0.5) is 5.95 Å². The summed E-state index contributed by atoms with van der Waals surface area (Å²) in [6.45, 7) is 12.6. The van der Waals surface area contributed by atoms with Gasteiger partial charge in [-0.3, -0.25) is 4.79 Å². The van der Waals surface area contributed by atoms with Crippen molar-refractivity contribution in [3.05, 3.63) is 65.2 Å². The maximum absolute atomic E-state index is 13.6. The number of amides is 1. The fraction of sp³-hybridized carbons (Fsp3) is 0.469. The number of anilines is 1. The van der Waals surface area contributed by atoms with E-state index >= 15 is 0 Å². The number of nitrogens with zero attached hydrogens (tertiary/aromatic N) is 2. The Bertz CT molecular complexity index is 1540. The number of ether oxygens (including phenoxy) is 1. The first-order valence-electron chi connectivity index (χ1n) is 14.3. The second-order valence-electron chi connectivity index (χ2n) is 12.9. The summed E-state index contributed by atoms with van der Waals surface area (Å²) >= 11 is 0. The molecule has 2 heterocycles. The van der Waals surface area contributed by atoms with Crippen molar-refractivity contribution >= 4 is 21.9 Å². The molecule has 5 rings (SSSR count). The molecular weight excluding hydrogens is 536 g/mol. The zero-order valence-electron chi connectivity index (χ0n) is 24.7. The van der Waals surface area contributed by atoms with Crippen LogP contribution in [0.2, 0.25) is 0 Å². The minimum absolute atomic E-state index is 0.00955. The highest BCUT2D eigenvalue weighted by Crippen LogP contribution is 2.47. The normalized spacial score (nSPS) is 23.6. The second kappa shape index (κ2) is 11.1. The number of rotatable bonds is 4.